The Morgan fingerprint density at radius 3 is 3.00 bits per heavy atom. The third-order valence-electron chi connectivity index (χ3n) is 2.02. The summed E-state index contributed by atoms with van der Waals surface area (Å²) in [6.45, 7) is 0.918. The van der Waals surface area contributed by atoms with Crippen molar-refractivity contribution in [3.63, 3.8) is 0 Å². The van der Waals surface area contributed by atoms with Crippen molar-refractivity contribution in [3.05, 3.63) is 22.0 Å². The number of hydrogen-bond acceptors (Lipinski definition) is 4. The Balaban J connectivity index is 2.29. The van der Waals surface area contributed by atoms with Gasteiger partial charge < -0.3 is 5.32 Å². The third-order valence-corrected chi connectivity index (χ3v) is 2.02. The van der Waals surface area contributed by atoms with E-state index < -0.39 is 4.92 Å². The minimum absolute atomic E-state index is 0.0761. The van der Waals surface area contributed by atoms with Crippen molar-refractivity contribution in [2.24, 2.45) is 0 Å². The second kappa shape index (κ2) is 2.56. The molecule has 1 atom stereocenters. The number of aromatic nitrogens is 2. The Bertz CT molecular complexity index is 304. The molecule has 0 amide bonds. The molecule has 1 aliphatic rings. The van der Waals surface area contributed by atoms with Crippen molar-refractivity contribution >= 4 is 5.69 Å². The van der Waals surface area contributed by atoms with E-state index in [0.29, 0.717) is 5.69 Å². The molecule has 1 aliphatic heterocycles. The molecule has 1 aromatic heterocycles. The molecule has 2 N–H and O–H groups in total. The molecule has 0 aliphatic carbocycles. The van der Waals surface area contributed by atoms with E-state index in [1.807, 2.05) is 0 Å². The zero-order valence-electron chi connectivity index (χ0n) is 6.28. The van der Waals surface area contributed by atoms with Crippen LogP contribution in [0.25, 0.3) is 0 Å². The second-order valence-corrected chi connectivity index (χ2v) is 2.72. The fourth-order valence-corrected chi connectivity index (χ4v) is 1.23. The molecule has 6 nitrogen and oxygen atoms in total. The van der Waals surface area contributed by atoms with Crippen molar-refractivity contribution < 1.29 is 4.92 Å². The maximum Gasteiger partial charge on any atom is 0.311 e. The first kappa shape index (κ1) is 7.23. The molecule has 1 aromatic rings. The van der Waals surface area contributed by atoms with Crippen molar-refractivity contribution in [3.8, 4) is 0 Å². The van der Waals surface area contributed by atoms with Crippen molar-refractivity contribution in [2.45, 2.75) is 12.5 Å². The van der Waals surface area contributed by atoms with Crippen LogP contribution in [0, 0.1) is 10.1 Å². The lowest BCUT2D eigenvalue weighted by Gasteiger charge is -2.25. The lowest BCUT2D eigenvalue weighted by Crippen LogP contribution is -2.35. The predicted octanol–water partition coefficient (Wildman–Crippen LogP) is 0.352. The van der Waals surface area contributed by atoms with Crippen LogP contribution < -0.4 is 5.32 Å². The molecular formula is C6H8N4O2. The molecular weight excluding hydrogens is 160 g/mol. The molecule has 2 rings (SSSR count). The molecule has 0 spiro atoms. The largest absolute Gasteiger partial charge is 0.311 e. The number of nitrogens with one attached hydrogen (secondary N) is 2. The summed E-state index contributed by atoms with van der Waals surface area (Å²) >= 11 is 0. The minimum atomic E-state index is -0.418. The number of H-pyrrole nitrogens is 1. The van der Waals surface area contributed by atoms with Gasteiger partial charge in [-0.25, -0.2) is 0 Å². The molecule has 1 saturated heterocycles. The van der Waals surface area contributed by atoms with Crippen LogP contribution in [-0.4, -0.2) is 21.7 Å². The number of aromatic amines is 1. The van der Waals surface area contributed by atoms with Gasteiger partial charge in [-0.05, 0) is 13.0 Å². The van der Waals surface area contributed by atoms with E-state index in [-0.39, 0.29) is 11.7 Å². The summed E-state index contributed by atoms with van der Waals surface area (Å²) in [5, 5.41) is 19.8. The van der Waals surface area contributed by atoms with E-state index in [1.54, 1.807) is 0 Å². The first-order valence-corrected chi connectivity index (χ1v) is 3.70. The molecule has 0 aromatic carbocycles. The summed E-state index contributed by atoms with van der Waals surface area (Å²) < 4.78 is 0. The third kappa shape index (κ3) is 0.964. The molecule has 1 unspecified atom stereocenters. The van der Waals surface area contributed by atoms with Crippen molar-refractivity contribution in [1.82, 2.24) is 15.5 Å². The zero-order valence-corrected chi connectivity index (χ0v) is 6.28. The van der Waals surface area contributed by atoms with Gasteiger partial charge in [0.15, 0.2) is 0 Å². The van der Waals surface area contributed by atoms with Crippen LogP contribution in [0.3, 0.4) is 0 Å². The summed E-state index contributed by atoms with van der Waals surface area (Å²) in [5.41, 5.74) is 0.665. The second-order valence-electron chi connectivity index (χ2n) is 2.72. The maximum absolute atomic E-state index is 10.4. The van der Waals surface area contributed by atoms with Gasteiger partial charge in [0.05, 0.1) is 11.0 Å². The summed E-state index contributed by atoms with van der Waals surface area (Å²) in [6, 6.07) is 0.0906. The molecule has 2 heterocycles. The fraction of sp³-hybridized carbons (Fsp3) is 0.500. The van der Waals surface area contributed by atoms with Gasteiger partial charge >= 0.3 is 5.69 Å². The Labute approximate surface area is 68.1 Å². The van der Waals surface area contributed by atoms with Crippen LogP contribution in [0.15, 0.2) is 6.20 Å². The van der Waals surface area contributed by atoms with E-state index in [2.05, 4.69) is 15.5 Å². The van der Waals surface area contributed by atoms with Gasteiger partial charge in [-0.2, -0.15) is 5.10 Å². The van der Waals surface area contributed by atoms with Gasteiger partial charge in [-0.3, -0.25) is 15.2 Å². The van der Waals surface area contributed by atoms with Crippen LogP contribution in [0.5, 0.6) is 0 Å². The Kier molecular flexibility index (Phi) is 1.54. The van der Waals surface area contributed by atoms with E-state index in [4.69, 9.17) is 0 Å². The lowest BCUT2D eigenvalue weighted by molar-refractivity contribution is -0.385. The highest BCUT2D eigenvalue weighted by atomic mass is 16.6. The number of hydrogen-bond donors (Lipinski definition) is 2. The monoisotopic (exact) mass is 168 g/mol. The van der Waals surface area contributed by atoms with Gasteiger partial charge in [0.25, 0.3) is 0 Å². The Morgan fingerprint density at radius 1 is 1.75 bits per heavy atom. The van der Waals surface area contributed by atoms with E-state index in [9.17, 15) is 10.1 Å². The fourth-order valence-electron chi connectivity index (χ4n) is 1.23. The molecule has 1 fully saturated rings. The SMILES string of the molecule is O=[N+]([O-])c1cn[nH]c1C1CCN1. The van der Waals surface area contributed by atoms with E-state index in [1.165, 1.54) is 6.20 Å². The standard InChI is InChI=1S/C6H8N4O2/c11-10(12)5-3-8-9-6(5)4-1-2-7-4/h3-4,7H,1-2H2,(H,8,9). The van der Waals surface area contributed by atoms with Gasteiger partial charge in [0.1, 0.15) is 11.9 Å². The molecule has 0 bridgehead atoms. The Hall–Kier alpha value is -1.43. The van der Waals surface area contributed by atoms with E-state index >= 15 is 0 Å². The topological polar surface area (TPSA) is 83.8 Å². The summed E-state index contributed by atoms with van der Waals surface area (Å²) in [4.78, 5) is 10.0. The van der Waals surface area contributed by atoms with E-state index in [0.717, 1.165) is 13.0 Å². The molecule has 0 radical (unpaired) electrons. The Morgan fingerprint density at radius 2 is 2.50 bits per heavy atom. The predicted molar refractivity (Wildman–Crippen MR) is 40.6 cm³/mol. The van der Waals surface area contributed by atoms with Gasteiger partial charge in [-0.15, -0.1) is 0 Å². The highest BCUT2D eigenvalue weighted by Crippen LogP contribution is 2.27. The number of nitrogens with zero attached hydrogens (tertiary/aromatic N) is 2. The molecule has 64 valence electrons. The van der Waals surface area contributed by atoms with Crippen molar-refractivity contribution in [2.75, 3.05) is 6.54 Å². The summed E-state index contributed by atoms with van der Waals surface area (Å²) in [5.74, 6) is 0. The van der Waals surface area contributed by atoms with Crippen LogP contribution in [0.2, 0.25) is 0 Å². The highest BCUT2D eigenvalue weighted by molar-refractivity contribution is 5.35. The molecule has 0 saturated carbocycles. The van der Waals surface area contributed by atoms with Crippen LogP contribution >= 0.6 is 0 Å². The average molecular weight is 168 g/mol. The summed E-state index contributed by atoms with van der Waals surface area (Å²) in [6.07, 6.45) is 2.18. The van der Waals surface area contributed by atoms with Gasteiger partial charge in [-0.1, -0.05) is 0 Å². The maximum atomic E-state index is 10.4. The normalized spacial score (nSPS) is 21.8. The van der Waals surface area contributed by atoms with Crippen molar-refractivity contribution in [1.29, 1.82) is 0 Å². The van der Waals surface area contributed by atoms with Gasteiger partial charge in [0.2, 0.25) is 0 Å². The van der Waals surface area contributed by atoms with Crippen LogP contribution in [0.4, 0.5) is 5.69 Å². The highest BCUT2D eigenvalue weighted by Gasteiger charge is 2.28. The quantitative estimate of drug-likeness (QED) is 0.493. The smallest absolute Gasteiger partial charge is 0.308 e. The zero-order chi connectivity index (χ0) is 8.55. The average Bonchev–Trinajstić information content (AvgIpc) is 2.31. The minimum Gasteiger partial charge on any atom is -0.308 e. The number of rotatable bonds is 2. The number of nitro groups is 1. The first-order valence-electron chi connectivity index (χ1n) is 3.70. The van der Waals surface area contributed by atoms with Crippen LogP contribution in [-0.2, 0) is 0 Å². The summed E-state index contributed by atoms with van der Waals surface area (Å²) in [7, 11) is 0. The molecule has 6 heteroatoms. The lowest BCUT2D eigenvalue weighted by atomic mass is 10.0. The first-order chi connectivity index (χ1) is 5.79. The van der Waals surface area contributed by atoms with Gasteiger partial charge in [0, 0.05) is 0 Å². The van der Waals surface area contributed by atoms with Crippen LogP contribution in [0.1, 0.15) is 18.2 Å². The molecule has 12 heavy (non-hydrogen) atoms.